The minimum Gasteiger partial charge on any atom is -0.485 e. The molecule has 1 aliphatic carbocycles. The van der Waals surface area contributed by atoms with E-state index < -0.39 is 0 Å². The molecule has 2 rings (SSSR count). The van der Waals surface area contributed by atoms with Gasteiger partial charge in [0, 0.05) is 13.6 Å². The fourth-order valence-electron chi connectivity index (χ4n) is 2.95. The quantitative estimate of drug-likeness (QED) is 0.369. The maximum absolute atomic E-state index is 6.19. The number of rotatable bonds is 6. The number of nitrogens with zero attached hydrogens (tertiary/aromatic N) is 1. The fourth-order valence-corrected chi connectivity index (χ4v) is 3.88. The molecule has 0 fully saturated rings. The molecule has 1 unspecified atom stereocenters. The monoisotopic (exact) mass is 491 g/mol. The lowest BCUT2D eigenvalue weighted by Crippen LogP contribution is -2.23. The fraction of sp³-hybridized carbons (Fsp3) is 0.500. The molecule has 0 spiro atoms. The van der Waals surface area contributed by atoms with E-state index in [9.17, 15) is 0 Å². The van der Waals surface area contributed by atoms with Crippen LogP contribution < -0.4 is 0 Å². The van der Waals surface area contributed by atoms with Crippen molar-refractivity contribution in [1.29, 1.82) is 0 Å². The van der Waals surface area contributed by atoms with Crippen LogP contribution in [-0.2, 0) is 4.74 Å². The molecule has 0 aromatic heterocycles. The van der Waals surface area contributed by atoms with Crippen molar-refractivity contribution in [3.8, 4) is 0 Å². The van der Waals surface area contributed by atoms with Crippen LogP contribution in [0.15, 0.2) is 63.9 Å². The Balaban J connectivity index is 0.000000424. The maximum atomic E-state index is 6.19. The van der Waals surface area contributed by atoms with Crippen LogP contribution in [0.3, 0.4) is 0 Å². The van der Waals surface area contributed by atoms with Crippen molar-refractivity contribution in [2.75, 3.05) is 13.6 Å². The van der Waals surface area contributed by atoms with Crippen molar-refractivity contribution in [3.05, 3.63) is 69.4 Å². The Bertz CT molecular complexity index is 752. The first-order chi connectivity index (χ1) is 14.3. The summed E-state index contributed by atoms with van der Waals surface area (Å²) < 4.78 is 7.22. The minimum atomic E-state index is 0.0459. The number of allylic oxidation sites excluding steroid dienone is 5. The van der Waals surface area contributed by atoms with Gasteiger partial charge in [-0.25, -0.2) is 0 Å². The third kappa shape index (κ3) is 9.61. The van der Waals surface area contributed by atoms with E-state index in [-0.39, 0.29) is 6.10 Å². The highest BCUT2D eigenvalue weighted by Crippen LogP contribution is 2.30. The summed E-state index contributed by atoms with van der Waals surface area (Å²) in [5.41, 5.74) is 3.98. The van der Waals surface area contributed by atoms with Gasteiger partial charge in [-0.1, -0.05) is 60.6 Å². The number of thiocarbonyl (C=S) groups is 1. The lowest BCUT2D eigenvalue weighted by atomic mass is 10.1. The summed E-state index contributed by atoms with van der Waals surface area (Å²) in [5.74, 6) is 0.945. The van der Waals surface area contributed by atoms with Gasteiger partial charge in [-0.2, -0.15) is 0 Å². The largest absolute Gasteiger partial charge is 0.485 e. The van der Waals surface area contributed by atoms with Crippen molar-refractivity contribution in [2.24, 2.45) is 0 Å². The highest BCUT2D eigenvalue weighted by molar-refractivity contribution is 9.12. The molecule has 0 heterocycles. The average molecular weight is 493 g/mol. The van der Waals surface area contributed by atoms with Crippen molar-refractivity contribution < 1.29 is 4.74 Å². The van der Waals surface area contributed by atoms with Crippen molar-refractivity contribution in [3.63, 3.8) is 0 Å². The molecule has 30 heavy (non-hydrogen) atoms. The Labute approximate surface area is 198 Å². The molecule has 0 N–H and O–H groups in total. The van der Waals surface area contributed by atoms with Gasteiger partial charge < -0.3 is 9.64 Å². The van der Waals surface area contributed by atoms with Crippen LogP contribution >= 0.6 is 28.1 Å². The number of benzene rings is 1. The van der Waals surface area contributed by atoms with Crippen LogP contribution in [0.25, 0.3) is 0 Å². The molecule has 0 amide bonds. The van der Waals surface area contributed by atoms with Crippen LogP contribution in [0.2, 0.25) is 0 Å². The van der Waals surface area contributed by atoms with Gasteiger partial charge in [-0.05, 0) is 93.4 Å². The summed E-state index contributed by atoms with van der Waals surface area (Å²) >= 11 is 8.78. The van der Waals surface area contributed by atoms with Gasteiger partial charge >= 0.3 is 0 Å². The zero-order valence-electron chi connectivity index (χ0n) is 19.5. The first kappa shape index (κ1) is 26.6. The molecule has 1 atom stereocenters. The van der Waals surface area contributed by atoms with Gasteiger partial charge in [0.2, 0.25) is 0 Å². The molecule has 4 heteroatoms. The van der Waals surface area contributed by atoms with Crippen LogP contribution in [0, 0.1) is 0 Å². The smallest absolute Gasteiger partial charge is 0.130 e. The predicted octanol–water partition coefficient (Wildman–Crippen LogP) is 8.51. The Morgan fingerprint density at radius 3 is 2.47 bits per heavy atom. The molecule has 0 saturated carbocycles. The second-order valence-corrected chi connectivity index (χ2v) is 9.07. The number of halogens is 1. The minimum absolute atomic E-state index is 0.0459. The first-order valence-electron chi connectivity index (χ1n) is 11.0. The van der Waals surface area contributed by atoms with Gasteiger partial charge in [0.1, 0.15) is 11.9 Å². The van der Waals surface area contributed by atoms with Gasteiger partial charge in [0.25, 0.3) is 0 Å². The topological polar surface area (TPSA) is 12.5 Å². The van der Waals surface area contributed by atoms with E-state index in [1.54, 1.807) is 0 Å². The van der Waals surface area contributed by atoms with E-state index in [1.807, 2.05) is 25.2 Å². The summed E-state index contributed by atoms with van der Waals surface area (Å²) in [4.78, 5) is 3.19. The standard InChI is InChI=1S/C19H23BrO.C7H15NS/c1-14-9-7-8-12-19(18(20)13-15(14)2)21-16(3)17-10-5-4-6-11-17;1-4-6-7(9)8(3)5-2/h4-6,10-13,16H,7-9H2,1-3H3;4-6H2,1-3H3/b15-14-,18-13+,19-12-;. The van der Waals surface area contributed by atoms with Crippen LogP contribution in [0.1, 0.15) is 78.4 Å². The average Bonchev–Trinajstić information content (AvgIpc) is 2.80. The van der Waals surface area contributed by atoms with Gasteiger partial charge in [-0.15, -0.1) is 0 Å². The molecule has 1 aromatic rings. The van der Waals surface area contributed by atoms with E-state index in [0.29, 0.717) is 0 Å². The highest BCUT2D eigenvalue weighted by Gasteiger charge is 2.12. The van der Waals surface area contributed by atoms with E-state index >= 15 is 0 Å². The summed E-state index contributed by atoms with van der Waals surface area (Å²) in [6.07, 6.45) is 10.00. The molecular formula is C26H38BrNOS. The second-order valence-electron chi connectivity index (χ2n) is 7.74. The molecule has 0 radical (unpaired) electrons. The normalized spacial score (nSPS) is 21.3. The van der Waals surface area contributed by atoms with Gasteiger partial charge in [0.15, 0.2) is 0 Å². The molecule has 1 aromatic carbocycles. The number of hydrogen-bond donors (Lipinski definition) is 0. The zero-order chi connectivity index (χ0) is 22.5. The van der Waals surface area contributed by atoms with Gasteiger partial charge in [0.05, 0.1) is 9.47 Å². The zero-order valence-corrected chi connectivity index (χ0v) is 21.9. The molecule has 166 valence electrons. The first-order valence-corrected chi connectivity index (χ1v) is 12.2. The summed E-state index contributed by atoms with van der Waals surface area (Å²) in [5, 5.41) is 0. The lowest BCUT2D eigenvalue weighted by Gasteiger charge is -2.18. The van der Waals surface area contributed by atoms with Crippen molar-refractivity contribution in [2.45, 2.75) is 72.8 Å². The van der Waals surface area contributed by atoms with E-state index in [1.165, 1.54) is 23.1 Å². The third-order valence-electron chi connectivity index (χ3n) is 5.27. The Morgan fingerprint density at radius 2 is 1.87 bits per heavy atom. The van der Waals surface area contributed by atoms with Crippen molar-refractivity contribution in [1.82, 2.24) is 4.90 Å². The van der Waals surface area contributed by atoms with Crippen LogP contribution in [0.5, 0.6) is 0 Å². The molecule has 0 saturated heterocycles. The Kier molecular flexibility index (Phi) is 13.0. The van der Waals surface area contributed by atoms with Gasteiger partial charge in [-0.3, -0.25) is 0 Å². The summed E-state index contributed by atoms with van der Waals surface area (Å²) in [6, 6.07) is 10.3. The van der Waals surface area contributed by atoms with Crippen LogP contribution in [-0.4, -0.2) is 23.5 Å². The second kappa shape index (κ2) is 14.6. The highest BCUT2D eigenvalue weighted by atomic mass is 79.9. The third-order valence-corrected chi connectivity index (χ3v) is 6.41. The number of hydrogen-bond acceptors (Lipinski definition) is 2. The maximum Gasteiger partial charge on any atom is 0.130 e. The molecule has 0 bridgehead atoms. The Hall–Kier alpha value is -1.39. The molecule has 2 nitrogen and oxygen atoms in total. The predicted molar refractivity (Wildman–Crippen MR) is 139 cm³/mol. The summed E-state index contributed by atoms with van der Waals surface area (Å²) in [6.45, 7) is 11.8. The van der Waals surface area contributed by atoms with Crippen molar-refractivity contribution >= 4 is 33.1 Å². The summed E-state index contributed by atoms with van der Waals surface area (Å²) in [7, 11) is 2.04. The molecule has 1 aliphatic rings. The van der Waals surface area contributed by atoms with E-state index in [2.05, 4.69) is 79.7 Å². The lowest BCUT2D eigenvalue weighted by molar-refractivity contribution is 0.141. The molecule has 0 aliphatic heterocycles. The van der Waals surface area contributed by atoms with Crippen LogP contribution in [0.4, 0.5) is 0 Å². The Morgan fingerprint density at radius 1 is 1.20 bits per heavy atom. The number of ether oxygens (including phenoxy) is 1. The van der Waals surface area contributed by atoms with E-state index in [4.69, 9.17) is 17.0 Å². The molecular weight excluding hydrogens is 454 g/mol. The van der Waals surface area contributed by atoms with E-state index in [0.717, 1.165) is 47.5 Å². The SMILES string of the molecule is CC1=C(\C)CCC/C=C(OC(C)c2ccccc2)/C(Br)=C\1.CCCC(=S)N(C)CC.